The fraction of sp³-hybridized carbons (Fsp3) is 0.409. The smallest absolute Gasteiger partial charge is 0.255 e. The third-order valence-electron chi connectivity index (χ3n) is 5.33. The number of carbonyl (C=O) groups excluding carboxylic acids is 1. The number of nitrogens with zero attached hydrogens (tertiary/aromatic N) is 1. The molecule has 0 spiro atoms. The van der Waals surface area contributed by atoms with E-state index in [1.165, 1.54) is 12.1 Å². The first-order chi connectivity index (χ1) is 15.0. The number of rotatable bonds is 7. The minimum atomic E-state index is -3.69. The van der Waals surface area contributed by atoms with Gasteiger partial charge in [-0.3, -0.25) is 4.79 Å². The maximum absolute atomic E-state index is 12.7. The maximum atomic E-state index is 12.7. The van der Waals surface area contributed by atoms with Crippen molar-refractivity contribution in [2.24, 2.45) is 0 Å². The zero-order chi connectivity index (χ0) is 21.7. The van der Waals surface area contributed by atoms with Gasteiger partial charge in [0.15, 0.2) is 11.5 Å². The van der Waals surface area contributed by atoms with Gasteiger partial charge in [-0.1, -0.05) is 6.07 Å². The lowest BCUT2D eigenvalue weighted by Crippen LogP contribution is -2.33. The van der Waals surface area contributed by atoms with Gasteiger partial charge in [-0.2, -0.15) is 0 Å². The van der Waals surface area contributed by atoms with Crippen molar-refractivity contribution in [2.45, 2.75) is 24.2 Å². The summed E-state index contributed by atoms with van der Waals surface area (Å²) in [4.78, 5) is 15.0. The van der Waals surface area contributed by atoms with Crippen LogP contribution in [0.4, 0.5) is 5.69 Å². The van der Waals surface area contributed by atoms with E-state index >= 15 is 0 Å². The normalized spacial score (nSPS) is 16.6. The predicted molar refractivity (Wildman–Crippen MR) is 117 cm³/mol. The van der Waals surface area contributed by atoms with Crippen LogP contribution in [0.15, 0.2) is 47.4 Å². The summed E-state index contributed by atoms with van der Waals surface area (Å²) in [6.45, 7) is 4.19. The van der Waals surface area contributed by atoms with Gasteiger partial charge in [-0.25, -0.2) is 13.1 Å². The highest BCUT2D eigenvalue weighted by Gasteiger charge is 2.18. The first kappa shape index (κ1) is 21.6. The Morgan fingerprint density at radius 1 is 0.968 bits per heavy atom. The molecule has 0 saturated carbocycles. The van der Waals surface area contributed by atoms with E-state index in [9.17, 15) is 13.2 Å². The molecule has 166 valence electrons. The molecule has 2 aliphatic heterocycles. The van der Waals surface area contributed by atoms with Crippen LogP contribution in [0.3, 0.4) is 0 Å². The summed E-state index contributed by atoms with van der Waals surface area (Å²) in [6, 6.07) is 11.2. The van der Waals surface area contributed by atoms with E-state index in [0.717, 1.165) is 32.4 Å². The molecule has 0 atom stereocenters. The molecule has 1 saturated heterocycles. The number of anilines is 1. The van der Waals surface area contributed by atoms with Gasteiger partial charge in [-0.15, -0.1) is 0 Å². The highest BCUT2D eigenvalue weighted by atomic mass is 32.2. The Hall–Kier alpha value is -2.62. The standard InChI is InChI=1S/C22H27N3O5S/c26-22(24-18-7-8-20-21(16-18)30-14-4-13-29-20)17-5-3-6-19(15-17)31(27,28)23-9-12-25-10-1-2-11-25/h3,5-8,15-16,23H,1-2,4,9-14H2,(H,24,26). The van der Waals surface area contributed by atoms with Crippen LogP contribution in [0.25, 0.3) is 0 Å². The van der Waals surface area contributed by atoms with E-state index in [0.29, 0.717) is 43.5 Å². The fourth-order valence-electron chi connectivity index (χ4n) is 3.68. The minimum absolute atomic E-state index is 0.0697. The van der Waals surface area contributed by atoms with Gasteiger partial charge >= 0.3 is 0 Å². The lowest BCUT2D eigenvalue weighted by atomic mass is 10.2. The zero-order valence-electron chi connectivity index (χ0n) is 17.3. The van der Waals surface area contributed by atoms with Crippen molar-refractivity contribution >= 4 is 21.6 Å². The molecule has 2 aromatic rings. The quantitative estimate of drug-likeness (QED) is 0.680. The molecule has 2 heterocycles. The number of sulfonamides is 1. The van der Waals surface area contributed by atoms with E-state index in [-0.39, 0.29) is 10.5 Å². The molecule has 2 aromatic carbocycles. The number of hydrogen-bond acceptors (Lipinski definition) is 6. The maximum Gasteiger partial charge on any atom is 0.255 e. The monoisotopic (exact) mass is 445 g/mol. The number of hydrogen-bond donors (Lipinski definition) is 2. The van der Waals surface area contributed by atoms with Crippen LogP contribution in [-0.2, 0) is 10.0 Å². The van der Waals surface area contributed by atoms with E-state index in [1.807, 2.05) is 0 Å². The molecule has 4 rings (SSSR count). The van der Waals surface area contributed by atoms with Crippen molar-refractivity contribution in [1.82, 2.24) is 9.62 Å². The summed E-state index contributed by atoms with van der Waals surface area (Å²) in [5.74, 6) is 0.820. The van der Waals surface area contributed by atoms with E-state index < -0.39 is 15.9 Å². The van der Waals surface area contributed by atoms with Crippen molar-refractivity contribution < 1.29 is 22.7 Å². The first-order valence-electron chi connectivity index (χ1n) is 10.5. The average molecular weight is 446 g/mol. The van der Waals surface area contributed by atoms with Gasteiger partial charge in [0.05, 0.1) is 18.1 Å². The Morgan fingerprint density at radius 3 is 2.55 bits per heavy atom. The van der Waals surface area contributed by atoms with Crippen molar-refractivity contribution in [2.75, 3.05) is 44.7 Å². The topological polar surface area (TPSA) is 97.0 Å². The van der Waals surface area contributed by atoms with Crippen LogP contribution in [0.5, 0.6) is 11.5 Å². The summed E-state index contributed by atoms with van der Waals surface area (Å²) in [6.07, 6.45) is 3.12. The molecular formula is C22H27N3O5S. The molecule has 8 nitrogen and oxygen atoms in total. The number of fused-ring (bicyclic) bond motifs is 1. The molecule has 0 aliphatic carbocycles. The SMILES string of the molecule is O=C(Nc1ccc2c(c1)OCCCO2)c1cccc(S(=O)(=O)NCCN2CCCC2)c1. The Labute approximate surface area is 182 Å². The average Bonchev–Trinajstić information content (AvgIpc) is 3.17. The highest BCUT2D eigenvalue weighted by molar-refractivity contribution is 7.89. The largest absolute Gasteiger partial charge is 0.490 e. The molecule has 1 amide bonds. The minimum Gasteiger partial charge on any atom is -0.490 e. The van der Waals surface area contributed by atoms with Crippen LogP contribution < -0.4 is 19.5 Å². The number of likely N-dealkylation sites (tertiary alicyclic amines) is 1. The van der Waals surface area contributed by atoms with Crippen molar-refractivity contribution in [1.29, 1.82) is 0 Å². The molecule has 2 N–H and O–H groups in total. The second kappa shape index (κ2) is 9.67. The highest BCUT2D eigenvalue weighted by Crippen LogP contribution is 2.32. The molecule has 0 aromatic heterocycles. The Balaban J connectivity index is 1.41. The molecule has 1 fully saturated rings. The van der Waals surface area contributed by atoms with Crippen LogP contribution in [-0.4, -0.2) is 58.6 Å². The van der Waals surface area contributed by atoms with Gasteiger partial charge in [0.2, 0.25) is 10.0 Å². The lowest BCUT2D eigenvalue weighted by Gasteiger charge is -2.15. The third-order valence-corrected chi connectivity index (χ3v) is 6.79. The van der Waals surface area contributed by atoms with E-state index in [2.05, 4.69) is 14.9 Å². The number of amides is 1. The van der Waals surface area contributed by atoms with Gasteiger partial charge in [0.1, 0.15) is 0 Å². The fourth-order valence-corrected chi connectivity index (χ4v) is 4.74. The van der Waals surface area contributed by atoms with Crippen molar-refractivity contribution in [3.8, 4) is 11.5 Å². The molecule has 9 heteroatoms. The van der Waals surface area contributed by atoms with E-state index in [4.69, 9.17) is 9.47 Å². The second-order valence-corrected chi connectivity index (χ2v) is 9.41. The lowest BCUT2D eigenvalue weighted by molar-refractivity contribution is 0.102. The van der Waals surface area contributed by atoms with Crippen molar-refractivity contribution in [3.05, 3.63) is 48.0 Å². The molecule has 0 unspecified atom stereocenters. The molecule has 0 radical (unpaired) electrons. The Kier molecular flexibility index (Phi) is 6.74. The van der Waals surface area contributed by atoms with E-state index in [1.54, 1.807) is 30.3 Å². The number of carbonyl (C=O) groups is 1. The zero-order valence-corrected chi connectivity index (χ0v) is 18.1. The number of ether oxygens (including phenoxy) is 2. The van der Waals surface area contributed by atoms with Gasteiger partial charge < -0.3 is 19.7 Å². The van der Waals surface area contributed by atoms with Crippen LogP contribution in [0.1, 0.15) is 29.6 Å². The predicted octanol–water partition coefficient (Wildman–Crippen LogP) is 2.47. The van der Waals surface area contributed by atoms with Crippen LogP contribution in [0, 0.1) is 0 Å². The summed E-state index contributed by atoms with van der Waals surface area (Å²) < 4.78 is 39.2. The molecule has 2 aliphatic rings. The van der Waals surface area contributed by atoms with Crippen molar-refractivity contribution in [3.63, 3.8) is 0 Å². The first-order valence-corrected chi connectivity index (χ1v) is 12.0. The van der Waals surface area contributed by atoms with Gasteiger partial charge in [0, 0.05) is 36.8 Å². The molecular weight excluding hydrogens is 418 g/mol. The van der Waals surface area contributed by atoms with Gasteiger partial charge in [0.25, 0.3) is 5.91 Å². The summed E-state index contributed by atoms with van der Waals surface area (Å²) >= 11 is 0. The van der Waals surface area contributed by atoms with Gasteiger partial charge in [-0.05, 0) is 56.3 Å². The van der Waals surface area contributed by atoms with Crippen LogP contribution in [0.2, 0.25) is 0 Å². The summed E-state index contributed by atoms with van der Waals surface area (Å²) in [5, 5.41) is 2.79. The summed E-state index contributed by atoms with van der Waals surface area (Å²) in [5.41, 5.74) is 0.806. The molecule has 0 bridgehead atoms. The summed E-state index contributed by atoms with van der Waals surface area (Å²) in [7, 11) is -3.69. The van der Waals surface area contributed by atoms with Crippen LogP contribution >= 0.6 is 0 Å². The molecule has 31 heavy (non-hydrogen) atoms. The Morgan fingerprint density at radius 2 is 1.74 bits per heavy atom. The Bertz CT molecular complexity index is 1040. The number of benzene rings is 2. The third kappa shape index (κ3) is 5.55. The second-order valence-electron chi connectivity index (χ2n) is 7.64. The number of nitrogens with one attached hydrogen (secondary N) is 2.